The second-order valence-corrected chi connectivity index (χ2v) is 8.84. The van der Waals surface area contributed by atoms with Gasteiger partial charge in [0.1, 0.15) is 11.8 Å². The first-order valence-corrected chi connectivity index (χ1v) is 11.6. The number of aromatic amines is 1. The Morgan fingerprint density at radius 3 is 3.00 bits per heavy atom. The van der Waals surface area contributed by atoms with Crippen LogP contribution in [0.3, 0.4) is 0 Å². The molecule has 1 fully saturated rings. The molecule has 6 rings (SSSR count). The molecular weight excluding hydrogens is 432 g/mol. The molecule has 2 aromatic heterocycles. The van der Waals surface area contributed by atoms with Gasteiger partial charge in [-0.1, -0.05) is 18.2 Å². The number of rotatable bonds is 6. The van der Waals surface area contributed by atoms with Gasteiger partial charge in [0.2, 0.25) is 0 Å². The van der Waals surface area contributed by atoms with Gasteiger partial charge in [-0.15, -0.1) is 5.10 Å². The molecule has 4 heterocycles. The Morgan fingerprint density at radius 1 is 1.24 bits per heavy atom. The van der Waals surface area contributed by atoms with Gasteiger partial charge in [0.15, 0.2) is 5.82 Å². The maximum Gasteiger partial charge on any atom is 0.254 e. The number of fused-ring (bicyclic) bond motifs is 2. The minimum absolute atomic E-state index is 0.0797. The third-order valence-electron chi connectivity index (χ3n) is 6.82. The van der Waals surface area contributed by atoms with E-state index in [-0.39, 0.29) is 11.7 Å². The Morgan fingerprint density at radius 2 is 2.15 bits per heavy atom. The SMILES string of the molecule is COc1ccc2cc([C@H](c3nnnn3C[C@@H]3CCCO3)N3CCc4ccccc43)c(=O)[nH]c2c1. The quantitative estimate of drug-likeness (QED) is 0.474. The zero-order valence-electron chi connectivity index (χ0n) is 19.0. The van der Waals surface area contributed by atoms with E-state index in [1.165, 1.54) is 5.56 Å². The van der Waals surface area contributed by atoms with Crippen molar-refractivity contribution in [2.24, 2.45) is 0 Å². The van der Waals surface area contributed by atoms with Crippen LogP contribution in [0.4, 0.5) is 5.69 Å². The Bertz CT molecular complexity index is 1390. The highest BCUT2D eigenvalue weighted by Crippen LogP contribution is 2.37. The van der Waals surface area contributed by atoms with Crippen LogP contribution in [0, 0.1) is 0 Å². The van der Waals surface area contributed by atoms with Gasteiger partial charge in [0.05, 0.1) is 25.3 Å². The molecule has 2 atom stereocenters. The molecule has 0 bridgehead atoms. The summed E-state index contributed by atoms with van der Waals surface area (Å²) in [5, 5.41) is 13.6. The maximum absolute atomic E-state index is 13.5. The molecular formula is C25H26N6O3. The second kappa shape index (κ2) is 8.57. The van der Waals surface area contributed by atoms with Crippen LogP contribution in [0.1, 0.15) is 35.8 Å². The Kier molecular flexibility index (Phi) is 5.26. The largest absolute Gasteiger partial charge is 0.497 e. The first-order valence-electron chi connectivity index (χ1n) is 11.6. The number of hydrogen-bond acceptors (Lipinski definition) is 7. The average molecular weight is 459 g/mol. The number of aromatic nitrogens is 5. The van der Waals surface area contributed by atoms with Gasteiger partial charge < -0.3 is 19.4 Å². The molecule has 0 aliphatic carbocycles. The number of nitrogens with zero attached hydrogens (tertiary/aromatic N) is 5. The number of benzene rings is 2. The minimum Gasteiger partial charge on any atom is -0.497 e. The molecule has 34 heavy (non-hydrogen) atoms. The van der Waals surface area contributed by atoms with E-state index in [0.29, 0.717) is 23.7 Å². The van der Waals surface area contributed by atoms with E-state index in [1.54, 1.807) is 11.8 Å². The van der Waals surface area contributed by atoms with Gasteiger partial charge in [-0.05, 0) is 64.9 Å². The molecule has 0 saturated carbocycles. The molecule has 9 heteroatoms. The number of anilines is 1. The molecule has 9 nitrogen and oxygen atoms in total. The fraction of sp³-hybridized carbons (Fsp3) is 0.360. The molecule has 0 amide bonds. The van der Waals surface area contributed by atoms with E-state index >= 15 is 0 Å². The van der Waals surface area contributed by atoms with Crippen LogP contribution in [0.15, 0.2) is 53.3 Å². The lowest BCUT2D eigenvalue weighted by atomic mass is 10.0. The average Bonchev–Trinajstić information content (AvgIpc) is 3.62. The van der Waals surface area contributed by atoms with Crippen molar-refractivity contribution in [3.63, 3.8) is 0 Å². The monoisotopic (exact) mass is 458 g/mol. The number of tetrazole rings is 1. The Labute approximate surface area is 196 Å². The van der Waals surface area contributed by atoms with E-state index in [9.17, 15) is 4.79 Å². The molecule has 2 aromatic carbocycles. The molecule has 1 saturated heterocycles. The number of nitrogens with one attached hydrogen (secondary N) is 1. The number of methoxy groups -OCH3 is 1. The lowest BCUT2D eigenvalue weighted by molar-refractivity contribution is 0.0924. The summed E-state index contributed by atoms with van der Waals surface area (Å²) in [6, 6.07) is 15.5. The predicted molar refractivity (Wildman–Crippen MR) is 127 cm³/mol. The molecule has 1 N–H and O–H groups in total. The van der Waals surface area contributed by atoms with Gasteiger partial charge in [-0.3, -0.25) is 4.79 Å². The fourth-order valence-electron chi connectivity index (χ4n) is 5.12. The first kappa shape index (κ1) is 20.9. The van der Waals surface area contributed by atoms with E-state index in [4.69, 9.17) is 9.47 Å². The van der Waals surface area contributed by atoms with Gasteiger partial charge in [-0.2, -0.15) is 0 Å². The van der Waals surface area contributed by atoms with Crippen molar-refractivity contribution in [2.45, 2.75) is 38.0 Å². The smallest absolute Gasteiger partial charge is 0.254 e. The summed E-state index contributed by atoms with van der Waals surface area (Å²) in [6.07, 6.45) is 3.01. The van der Waals surface area contributed by atoms with E-state index in [2.05, 4.69) is 43.6 Å². The lowest BCUT2D eigenvalue weighted by Crippen LogP contribution is -2.35. The molecule has 2 aliphatic heterocycles. The molecule has 174 valence electrons. The van der Waals surface area contributed by atoms with Crippen LogP contribution < -0.4 is 15.2 Å². The van der Waals surface area contributed by atoms with Gasteiger partial charge in [-0.25, -0.2) is 4.68 Å². The molecule has 4 aromatic rings. The highest BCUT2D eigenvalue weighted by Gasteiger charge is 2.34. The summed E-state index contributed by atoms with van der Waals surface area (Å²) < 4.78 is 13.0. The third kappa shape index (κ3) is 3.62. The third-order valence-corrected chi connectivity index (χ3v) is 6.82. The van der Waals surface area contributed by atoms with Crippen molar-refractivity contribution in [3.8, 4) is 5.75 Å². The predicted octanol–water partition coefficient (Wildman–Crippen LogP) is 2.85. The van der Waals surface area contributed by atoms with Crippen molar-refractivity contribution in [3.05, 3.63) is 75.8 Å². The maximum atomic E-state index is 13.5. The topological polar surface area (TPSA) is 98.2 Å². The fourth-order valence-corrected chi connectivity index (χ4v) is 5.12. The van der Waals surface area contributed by atoms with Crippen LogP contribution in [0.25, 0.3) is 10.9 Å². The van der Waals surface area contributed by atoms with E-state index < -0.39 is 6.04 Å². The van der Waals surface area contributed by atoms with Crippen LogP contribution in [-0.2, 0) is 17.7 Å². The van der Waals surface area contributed by atoms with Crippen molar-refractivity contribution in [2.75, 3.05) is 25.2 Å². The van der Waals surface area contributed by atoms with Crippen LogP contribution in [-0.4, -0.2) is 51.6 Å². The molecule has 0 spiro atoms. The van der Waals surface area contributed by atoms with Crippen molar-refractivity contribution in [1.82, 2.24) is 25.2 Å². The molecule has 0 radical (unpaired) electrons. The van der Waals surface area contributed by atoms with Gasteiger partial charge >= 0.3 is 0 Å². The van der Waals surface area contributed by atoms with Crippen molar-refractivity contribution < 1.29 is 9.47 Å². The summed E-state index contributed by atoms with van der Waals surface area (Å²) in [4.78, 5) is 18.8. The highest BCUT2D eigenvalue weighted by atomic mass is 16.5. The standard InChI is InChI=1S/C25H26N6O3/c1-33-18-9-8-17-13-20(25(32)26-21(17)14-18)23(30-11-10-16-5-2-3-7-22(16)30)24-27-28-29-31(24)15-19-6-4-12-34-19/h2-3,5,7-9,13-14,19,23H,4,6,10-12,15H2,1H3,(H,26,32)/t19-,23+/m0/s1. The molecule has 2 aliphatic rings. The van der Waals surface area contributed by atoms with E-state index in [0.717, 1.165) is 49.0 Å². The Hall–Kier alpha value is -3.72. The zero-order valence-corrected chi connectivity index (χ0v) is 19.0. The van der Waals surface area contributed by atoms with Crippen LogP contribution >= 0.6 is 0 Å². The number of ether oxygens (including phenoxy) is 2. The summed E-state index contributed by atoms with van der Waals surface area (Å²) in [5.41, 5.74) is 3.54. The lowest BCUT2D eigenvalue weighted by Gasteiger charge is -2.29. The number of para-hydroxylation sites is 1. The number of pyridine rings is 1. The number of hydrogen-bond donors (Lipinski definition) is 1. The van der Waals surface area contributed by atoms with Gasteiger partial charge in [0, 0.05) is 30.5 Å². The molecule has 0 unspecified atom stereocenters. The Balaban J connectivity index is 1.50. The normalized spacial score (nSPS) is 18.4. The van der Waals surface area contributed by atoms with E-state index in [1.807, 2.05) is 30.3 Å². The van der Waals surface area contributed by atoms with Crippen molar-refractivity contribution in [1.29, 1.82) is 0 Å². The van der Waals surface area contributed by atoms with Crippen LogP contribution in [0.5, 0.6) is 5.75 Å². The summed E-state index contributed by atoms with van der Waals surface area (Å²) in [5.74, 6) is 1.34. The van der Waals surface area contributed by atoms with Crippen LogP contribution in [0.2, 0.25) is 0 Å². The second-order valence-electron chi connectivity index (χ2n) is 8.84. The highest BCUT2D eigenvalue weighted by molar-refractivity contribution is 5.81. The summed E-state index contributed by atoms with van der Waals surface area (Å²) >= 11 is 0. The summed E-state index contributed by atoms with van der Waals surface area (Å²) in [6.45, 7) is 2.10. The van der Waals surface area contributed by atoms with Crippen molar-refractivity contribution >= 4 is 16.6 Å². The summed E-state index contributed by atoms with van der Waals surface area (Å²) in [7, 11) is 1.61. The van der Waals surface area contributed by atoms with Gasteiger partial charge in [0.25, 0.3) is 5.56 Å². The first-order chi connectivity index (χ1) is 16.7. The zero-order chi connectivity index (χ0) is 23.1. The number of H-pyrrole nitrogens is 1. The minimum atomic E-state index is -0.435.